The monoisotopic (exact) mass is 274 g/mol. The molecule has 1 aliphatic rings. The molecule has 1 heterocycles. The van der Waals surface area contributed by atoms with Gasteiger partial charge in [0.05, 0.1) is 6.04 Å². The van der Waals surface area contributed by atoms with Crippen LogP contribution < -0.4 is 5.32 Å². The van der Waals surface area contributed by atoms with Gasteiger partial charge in [-0.15, -0.1) is 6.58 Å². The van der Waals surface area contributed by atoms with Crippen molar-refractivity contribution < 1.29 is 14.7 Å². The number of nitrogens with one attached hydrogen (secondary N) is 1. The van der Waals surface area contributed by atoms with Crippen molar-refractivity contribution in [3.05, 3.63) is 48.0 Å². The number of carbonyl (C=O) groups is 2. The number of fused-ring (bicyclic) bond motifs is 1. The van der Waals surface area contributed by atoms with E-state index in [9.17, 15) is 9.59 Å². The zero-order valence-electron chi connectivity index (χ0n) is 11.2. The van der Waals surface area contributed by atoms with Gasteiger partial charge in [0.1, 0.15) is 6.54 Å². The molecule has 1 atom stereocenters. The third kappa shape index (κ3) is 3.24. The highest BCUT2D eigenvalue weighted by atomic mass is 16.4. The Bertz CT molecular complexity index is 528. The Labute approximate surface area is 117 Å². The molecule has 0 saturated heterocycles. The second-order valence-electron chi connectivity index (χ2n) is 4.81. The smallest absolute Gasteiger partial charge is 0.323 e. The first kappa shape index (κ1) is 14.3. The quantitative estimate of drug-likeness (QED) is 0.779. The molecule has 5 nitrogen and oxygen atoms in total. The summed E-state index contributed by atoms with van der Waals surface area (Å²) in [5.41, 5.74) is 2.32. The molecule has 2 N–H and O–H groups in total. The SMILES string of the molecule is C=CCN(CC(=O)O)C(=O)[C@@H]1Cc2ccccc2CN1. The molecule has 0 radical (unpaired) electrons. The molecule has 1 aromatic rings. The molecule has 1 aromatic carbocycles. The summed E-state index contributed by atoms with van der Waals surface area (Å²) in [6.07, 6.45) is 2.12. The van der Waals surface area contributed by atoms with Crippen molar-refractivity contribution in [2.75, 3.05) is 13.1 Å². The zero-order valence-corrected chi connectivity index (χ0v) is 11.2. The summed E-state index contributed by atoms with van der Waals surface area (Å²) in [6, 6.07) is 7.58. The van der Waals surface area contributed by atoms with Gasteiger partial charge in [-0.25, -0.2) is 0 Å². The van der Waals surface area contributed by atoms with E-state index in [-0.39, 0.29) is 25.0 Å². The number of rotatable bonds is 5. The van der Waals surface area contributed by atoms with Crippen LogP contribution in [0.1, 0.15) is 11.1 Å². The van der Waals surface area contributed by atoms with Crippen molar-refractivity contribution in [3.63, 3.8) is 0 Å². The van der Waals surface area contributed by atoms with Crippen LogP contribution in [0.25, 0.3) is 0 Å². The molecule has 5 heteroatoms. The minimum absolute atomic E-state index is 0.193. The van der Waals surface area contributed by atoms with E-state index in [4.69, 9.17) is 5.11 Å². The maximum absolute atomic E-state index is 12.4. The number of carboxylic acid groups (broad SMARTS) is 1. The van der Waals surface area contributed by atoms with Crippen LogP contribution in [0.5, 0.6) is 0 Å². The van der Waals surface area contributed by atoms with Crippen LogP contribution in [-0.2, 0) is 22.6 Å². The number of aliphatic carboxylic acids is 1. The van der Waals surface area contributed by atoms with Crippen LogP contribution in [0.2, 0.25) is 0 Å². The van der Waals surface area contributed by atoms with Crippen molar-refractivity contribution in [2.24, 2.45) is 0 Å². The molecular weight excluding hydrogens is 256 g/mol. The number of benzene rings is 1. The normalized spacial score (nSPS) is 17.1. The average Bonchev–Trinajstić information content (AvgIpc) is 2.45. The highest BCUT2D eigenvalue weighted by Gasteiger charge is 2.28. The summed E-state index contributed by atoms with van der Waals surface area (Å²) in [4.78, 5) is 24.5. The van der Waals surface area contributed by atoms with Crippen molar-refractivity contribution in [3.8, 4) is 0 Å². The van der Waals surface area contributed by atoms with Crippen LogP contribution >= 0.6 is 0 Å². The van der Waals surface area contributed by atoms with Crippen molar-refractivity contribution in [1.82, 2.24) is 10.2 Å². The standard InChI is InChI=1S/C15H18N2O3/c1-2-7-17(10-14(18)19)15(20)13-8-11-5-3-4-6-12(11)9-16-13/h2-6,13,16H,1,7-10H2,(H,18,19)/t13-/m0/s1. The van der Waals surface area contributed by atoms with E-state index in [1.54, 1.807) is 0 Å². The van der Waals surface area contributed by atoms with Crippen molar-refractivity contribution in [1.29, 1.82) is 0 Å². The van der Waals surface area contributed by atoms with E-state index in [0.29, 0.717) is 13.0 Å². The second-order valence-corrected chi connectivity index (χ2v) is 4.81. The third-order valence-electron chi connectivity index (χ3n) is 3.37. The molecule has 0 aromatic heterocycles. The lowest BCUT2D eigenvalue weighted by molar-refractivity contribution is -0.145. The van der Waals surface area contributed by atoms with Gasteiger partial charge in [0, 0.05) is 13.1 Å². The summed E-state index contributed by atoms with van der Waals surface area (Å²) < 4.78 is 0. The fraction of sp³-hybridized carbons (Fsp3) is 0.333. The Kier molecular flexibility index (Phi) is 4.53. The predicted octanol–water partition coefficient (Wildman–Crippen LogP) is 0.800. The van der Waals surface area contributed by atoms with E-state index in [1.807, 2.05) is 24.3 Å². The van der Waals surface area contributed by atoms with E-state index in [1.165, 1.54) is 16.5 Å². The molecule has 0 saturated carbocycles. The second kappa shape index (κ2) is 6.34. The lowest BCUT2D eigenvalue weighted by Gasteiger charge is -2.29. The lowest BCUT2D eigenvalue weighted by atomic mass is 9.95. The van der Waals surface area contributed by atoms with E-state index >= 15 is 0 Å². The molecule has 0 aliphatic carbocycles. The zero-order chi connectivity index (χ0) is 14.5. The maximum atomic E-state index is 12.4. The lowest BCUT2D eigenvalue weighted by Crippen LogP contribution is -2.50. The van der Waals surface area contributed by atoms with Gasteiger partial charge in [-0.2, -0.15) is 0 Å². The van der Waals surface area contributed by atoms with Crippen LogP contribution in [0.15, 0.2) is 36.9 Å². The van der Waals surface area contributed by atoms with Gasteiger partial charge in [-0.05, 0) is 17.5 Å². The Hall–Kier alpha value is -2.14. The summed E-state index contributed by atoms with van der Waals surface area (Å²) >= 11 is 0. The molecule has 0 bridgehead atoms. The van der Waals surface area contributed by atoms with Crippen LogP contribution in [0.4, 0.5) is 0 Å². The van der Waals surface area contributed by atoms with Gasteiger partial charge in [0.15, 0.2) is 0 Å². The van der Waals surface area contributed by atoms with Crippen molar-refractivity contribution in [2.45, 2.75) is 19.0 Å². The Balaban J connectivity index is 2.09. The number of hydrogen-bond acceptors (Lipinski definition) is 3. The van der Waals surface area contributed by atoms with Crippen LogP contribution in [0, 0.1) is 0 Å². The number of carboxylic acids is 1. The van der Waals surface area contributed by atoms with Crippen molar-refractivity contribution >= 4 is 11.9 Å². The fourth-order valence-electron chi connectivity index (χ4n) is 2.40. The summed E-state index contributed by atoms with van der Waals surface area (Å²) in [6.45, 7) is 4.13. The number of hydrogen-bond donors (Lipinski definition) is 2. The minimum atomic E-state index is -1.02. The van der Waals surface area contributed by atoms with E-state index in [0.717, 1.165) is 5.56 Å². The molecule has 1 amide bonds. The molecular formula is C15H18N2O3. The van der Waals surface area contributed by atoms with Crippen LogP contribution in [-0.4, -0.2) is 41.0 Å². The summed E-state index contributed by atoms with van der Waals surface area (Å²) in [7, 11) is 0. The van der Waals surface area contributed by atoms with Gasteiger partial charge >= 0.3 is 5.97 Å². The Morgan fingerprint density at radius 3 is 2.75 bits per heavy atom. The number of amides is 1. The Morgan fingerprint density at radius 1 is 1.40 bits per heavy atom. The molecule has 106 valence electrons. The first-order chi connectivity index (χ1) is 9.61. The molecule has 0 unspecified atom stereocenters. The van der Waals surface area contributed by atoms with Gasteiger partial charge in [-0.1, -0.05) is 30.3 Å². The number of carbonyl (C=O) groups excluding carboxylic acids is 1. The molecule has 2 rings (SSSR count). The highest BCUT2D eigenvalue weighted by Crippen LogP contribution is 2.17. The highest BCUT2D eigenvalue weighted by molar-refractivity contribution is 5.86. The third-order valence-corrected chi connectivity index (χ3v) is 3.37. The van der Waals surface area contributed by atoms with Gasteiger partial charge < -0.3 is 15.3 Å². The summed E-state index contributed by atoms with van der Waals surface area (Å²) in [5, 5.41) is 12.0. The molecule has 0 fully saturated rings. The first-order valence-corrected chi connectivity index (χ1v) is 6.53. The fourth-order valence-corrected chi connectivity index (χ4v) is 2.40. The Morgan fingerprint density at radius 2 is 2.10 bits per heavy atom. The van der Waals surface area contributed by atoms with Gasteiger partial charge in [-0.3, -0.25) is 9.59 Å². The topological polar surface area (TPSA) is 69.6 Å². The first-order valence-electron chi connectivity index (χ1n) is 6.53. The average molecular weight is 274 g/mol. The summed E-state index contributed by atoms with van der Waals surface area (Å²) in [5.74, 6) is -1.21. The van der Waals surface area contributed by atoms with E-state index in [2.05, 4.69) is 11.9 Å². The van der Waals surface area contributed by atoms with Gasteiger partial charge in [0.25, 0.3) is 0 Å². The minimum Gasteiger partial charge on any atom is -0.480 e. The molecule has 20 heavy (non-hydrogen) atoms. The predicted molar refractivity (Wildman–Crippen MR) is 75.2 cm³/mol. The largest absolute Gasteiger partial charge is 0.480 e. The van der Waals surface area contributed by atoms with Gasteiger partial charge in [0.2, 0.25) is 5.91 Å². The van der Waals surface area contributed by atoms with E-state index < -0.39 is 5.97 Å². The maximum Gasteiger partial charge on any atom is 0.323 e. The van der Waals surface area contributed by atoms with Crippen LogP contribution in [0.3, 0.4) is 0 Å². The molecule has 1 aliphatic heterocycles. The number of nitrogens with zero attached hydrogens (tertiary/aromatic N) is 1. The molecule has 0 spiro atoms.